The van der Waals surface area contributed by atoms with E-state index in [1.807, 2.05) is 12.4 Å². The molecule has 2 aliphatic rings. The van der Waals surface area contributed by atoms with Gasteiger partial charge in [-0.2, -0.15) is 0 Å². The number of hydrogen-bond donors (Lipinski definition) is 0. The Bertz CT molecular complexity index is 388. The van der Waals surface area contributed by atoms with E-state index in [9.17, 15) is 0 Å². The van der Waals surface area contributed by atoms with Gasteiger partial charge < -0.3 is 4.90 Å². The van der Waals surface area contributed by atoms with Crippen molar-refractivity contribution in [3.63, 3.8) is 0 Å². The maximum atomic E-state index is 4.08. The average Bonchev–Trinajstić information content (AvgIpc) is 3.11. The van der Waals surface area contributed by atoms with Crippen molar-refractivity contribution in [3.8, 4) is 0 Å². The van der Waals surface area contributed by atoms with Crippen LogP contribution < -0.4 is 0 Å². The molecule has 0 N–H and O–H groups in total. The normalized spacial score (nSPS) is 24.2. The maximum Gasteiger partial charge on any atom is 0.0271 e. The van der Waals surface area contributed by atoms with Crippen molar-refractivity contribution in [2.45, 2.75) is 25.8 Å². The molecule has 1 aliphatic heterocycles. The van der Waals surface area contributed by atoms with Crippen molar-refractivity contribution in [2.75, 3.05) is 33.2 Å². The first-order chi connectivity index (χ1) is 9.29. The fourth-order valence-corrected chi connectivity index (χ4v) is 3.21. The standard InChI is InChI=1S/C16H25N3/c1-18(10-14-2-3-14)11-16-6-9-19(13-16)12-15-4-7-17-8-5-15/h4-5,7-8,14,16H,2-3,6,9-13H2,1H3/t16-/m0/s1. The Labute approximate surface area is 116 Å². The highest BCUT2D eigenvalue weighted by Crippen LogP contribution is 2.30. The molecule has 0 unspecified atom stereocenters. The van der Waals surface area contributed by atoms with Gasteiger partial charge in [0.2, 0.25) is 0 Å². The molecule has 1 aliphatic carbocycles. The molecule has 0 radical (unpaired) electrons. The van der Waals surface area contributed by atoms with E-state index < -0.39 is 0 Å². The third-order valence-corrected chi connectivity index (χ3v) is 4.36. The summed E-state index contributed by atoms with van der Waals surface area (Å²) in [6, 6.07) is 4.26. The lowest BCUT2D eigenvalue weighted by molar-refractivity contribution is 0.253. The summed E-state index contributed by atoms with van der Waals surface area (Å²) in [6.07, 6.45) is 8.07. The Hall–Kier alpha value is -0.930. The number of likely N-dealkylation sites (tertiary alicyclic amines) is 1. The number of hydrogen-bond acceptors (Lipinski definition) is 3. The summed E-state index contributed by atoms with van der Waals surface area (Å²) in [5.74, 6) is 1.88. The van der Waals surface area contributed by atoms with Crippen LogP contribution in [-0.2, 0) is 6.54 Å². The minimum absolute atomic E-state index is 0.866. The van der Waals surface area contributed by atoms with E-state index in [0.29, 0.717) is 0 Å². The molecule has 1 saturated carbocycles. The Morgan fingerprint density at radius 3 is 2.63 bits per heavy atom. The fraction of sp³-hybridized carbons (Fsp3) is 0.688. The zero-order valence-electron chi connectivity index (χ0n) is 12.0. The smallest absolute Gasteiger partial charge is 0.0271 e. The largest absolute Gasteiger partial charge is 0.306 e. The van der Waals surface area contributed by atoms with Crippen LogP contribution in [-0.4, -0.2) is 48.0 Å². The summed E-state index contributed by atoms with van der Waals surface area (Å²) in [5.41, 5.74) is 1.39. The quantitative estimate of drug-likeness (QED) is 0.781. The Morgan fingerprint density at radius 2 is 1.89 bits per heavy atom. The van der Waals surface area contributed by atoms with Crippen LogP contribution in [0, 0.1) is 11.8 Å². The fourth-order valence-electron chi connectivity index (χ4n) is 3.21. The predicted molar refractivity (Wildman–Crippen MR) is 77.8 cm³/mol. The molecule has 1 aromatic heterocycles. The van der Waals surface area contributed by atoms with Gasteiger partial charge in [0.05, 0.1) is 0 Å². The van der Waals surface area contributed by atoms with Gasteiger partial charge in [-0.15, -0.1) is 0 Å². The van der Waals surface area contributed by atoms with Crippen LogP contribution in [0.5, 0.6) is 0 Å². The van der Waals surface area contributed by atoms with Crippen LogP contribution in [0.4, 0.5) is 0 Å². The lowest BCUT2D eigenvalue weighted by Gasteiger charge is -2.21. The molecule has 3 rings (SSSR count). The molecular formula is C16H25N3. The molecule has 3 nitrogen and oxygen atoms in total. The van der Waals surface area contributed by atoms with E-state index >= 15 is 0 Å². The SMILES string of the molecule is CN(CC1CC1)C[C@@H]1CCN(Cc2ccncc2)C1. The van der Waals surface area contributed by atoms with Gasteiger partial charge in [-0.05, 0) is 62.4 Å². The third-order valence-electron chi connectivity index (χ3n) is 4.36. The van der Waals surface area contributed by atoms with E-state index in [2.05, 4.69) is 34.0 Å². The second-order valence-electron chi connectivity index (χ2n) is 6.41. The summed E-state index contributed by atoms with van der Waals surface area (Å²) in [6.45, 7) is 6.21. The Morgan fingerprint density at radius 1 is 1.16 bits per heavy atom. The first-order valence-electron chi connectivity index (χ1n) is 7.59. The molecule has 0 bridgehead atoms. The molecule has 1 saturated heterocycles. The van der Waals surface area contributed by atoms with Gasteiger partial charge in [0, 0.05) is 38.6 Å². The lowest BCUT2D eigenvalue weighted by atomic mass is 10.1. The molecule has 19 heavy (non-hydrogen) atoms. The third kappa shape index (κ3) is 4.02. The van der Waals surface area contributed by atoms with Gasteiger partial charge in [0.25, 0.3) is 0 Å². The monoisotopic (exact) mass is 259 g/mol. The summed E-state index contributed by atoms with van der Waals surface area (Å²) in [4.78, 5) is 9.22. The molecule has 2 fully saturated rings. The van der Waals surface area contributed by atoms with Crippen molar-refractivity contribution >= 4 is 0 Å². The number of aromatic nitrogens is 1. The zero-order chi connectivity index (χ0) is 13.1. The Balaban J connectivity index is 1.42. The number of nitrogens with zero attached hydrogens (tertiary/aromatic N) is 3. The van der Waals surface area contributed by atoms with Gasteiger partial charge in [-0.1, -0.05) is 0 Å². The van der Waals surface area contributed by atoms with Gasteiger partial charge in [-0.25, -0.2) is 0 Å². The molecule has 104 valence electrons. The molecule has 0 amide bonds. The highest BCUT2D eigenvalue weighted by Gasteiger charge is 2.26. The van der Waals surface area contributed by atoms with E-state index in [1.54, 1.807) is 0 Å². The summed E-state index contributed by atoms with van der Waals surface area (Å²) >= 11 is 0. The first kappa shape index (κ1) is 13.1. The minimum Gasteiger partial charge on any atom is -0.306 e. The van der Waals surface area contributed by atoms with Crippen molar-refractivity contribution < 1.29 is 0 Å². The van der Waals surface area contributed by atoms with Crippen LogP contribution in [0.15, 0.2) is 24.5 Å². The van der Waals surface area contributed by atoms with Crippen LogP contribution in [0.2, 0.25) is 0 Å². The summed E-state index contributed by atoms with van der Waals surface area (Å²) in [7, 11) is 2.30. The number of rotatable bonds is 6. The van der Waals surface area contributed by atoms with Crippen molar-refractivity contribution in [3.05, 3.63) is 30.1 Å². The van der Waals surface area contributed by atoms with Gasteiger partial charge >= 0.3 is 0 Å². The summed E-state index contributed by atoms with van der Waals surface area (Å²) in [5, 5.41) is 0. The van der Waals surface area contributed by atoms with Gasteiger partial charge in [0.15, 0.2) is 0 Å². The molecule has 3 heteroatoms. The van der Waals surface area contributed by atoms with Gasteiger partial charge in [0.1, 0.15) is 0 Å². The van der Waals surface area contributed by atoms with Crippen LogP contribution in [0.25, 0.3) is 0 Å². The van der Waals surface area contributed by atoms with E-state index in [1.165, 1.54) is 51.0 Å². The Kier molecular flexibility index (Phi) is 4.14. The van der Waals surface area contributed by atoms with E-state index in [4.69, 9.17) is 0 Å². The average molecular weight is 259 g/mol. The zero-order valence-corrected chi connectivity index (χ0v) is 12.0. The lowest BCUT2D eigenvalue weighted by Crippen LogP contribution is -2.29. The van der Waals surface area contributed by atoms with Crippen LogP contribution >= 0.6 is 0 Å². The van der Waals surface area contributed by atoms with E-state index in [-0.39, 0.29) is 0 Å². The van der Waals surface area contributed by atoms with Crippen molar-refractivity contribution in [1.29, 1.82) is 0 Å². The highest BCUT2D eigenvalue weighted by atomic mass is 15.2. The van der Waals surface area contributed by atoms with Crippen LogP contribution in [0.1, 0.15) is 24.8 Å². The topological polar surface area (TPSA) is 19.4 Å². The predicted octanol–water partition coefficient (Wildman–Crippen LogP) is 2.25. The molecule has 1 atom stereocenters. The van der Waals surface area contributed by atoms with Crippen LogP contribution in [0.3, 0.4) is 0 Å². The minimum atomic E-state index is 0.866. The second kappa shape index (κ2) is 6.02. The van der Waals surface area contributed by atoms with E-state index in [0.717, 1.165) is 18.4 Å². The molecular weight excluding hydrogens is 234 g/mol. The molecule has 2 heterocycles. The molecule has 1 aromatic rings. The van der Waals surface area contributed by atoms with Gasteiger partial charge in [-0.3, -0.25) is 9.88 Å². The van der Waals surface area contributed by atoms with Crippen molar-refractivity contribution in [2.24, 2.45) is 11.8 Å². The van der Waals surface area contributed by atoms with Crippen molar-refractivity contribution in [1.82, 2.24) is 14.8 Å². The maximum absolute atomic E-state index is 4.08. The highest BCUT2D eigenvalue weighted by molar-refractivity contribution is 5.09. The first-order valence-corrected chi connectivity index (χ1v) is 7.59. The number of pyridine rings is 1. The summed E-state index contributed by atoms with van der Waals surface area (Å²) < 4.78 is 0. The second-order valence-corrected chi connectivity index (χ2v) is 6.41. The molecule has 0 spiro atoms. The molecule has 0 aromatic carbocycles.